The van der Waals surface area contributed by atoms with Gasteiger partial charge in [-0.1, -0.05) is 0 Å². The first-order valence-electron chi connectivity index (χ1n) is 6.91. The zero-order valence-electron chi connectivity index (χ0n) is 12.7. The molecule has 0 aromatic carbocycles. The highest BCUT2D eigenvalue weighted by molar-refractivity contribution is 5.77. The summed E-state index contributed by atoms with van der Waals surface area (Å²) in [6, 6.07) is 5.53. The Labute approximate surface area is 140 Å². The maximum atomic E-state index is 10.6. The van der Waals surface area contributed by atoms with Gasteiger partial charge in [-0.2, -0.15) is 0 Å². The molecule has 11 nitrogen and oxygen atoms in total. The highest BCUT2D eigenvalue weighted by atomic mass is 16.7. The molecule has 3 heterocycles. The summed E-state index contributed by atoms with van der Waals surface area (Å²) in [5.74, 6) is 0. The van der Waals surface area contributed by atoms with E-state index in [1.54, 1.807) is 0 Å². The number of hydrogen-bond acceptors (Lipinski definition) is 9. The van der Waals surface area contributed by atoms with E-state index in [0.29, 0.717) is 19.5 Å². The minimum Gasteiger partial charge on any atom is -0.344 e. The van der Waals surface area contributed by atoms with Crippen molar-refractivity contribution in [1.29, 1.82) is 0 Å². The molecule has 0 radical (unpaired) electrons. The second-order valence-electron chi connectivity index (χ2n) is 4.52. The molecule has 0 saturated carbocycles. The molecule has 0 unspecified atom stereocenters. The molecule has 1 aliphatic heterocycles. The lowest BCUT2D eigenvalue weighted by molar-refractivity contribution is -0.387. The summed E-state index contributed by atoms with van der Waals surface area (Å²) in [7, 11) is 0. The van der Waals surface area contributed by atoms with E-state index in [1.807, 2.05) is 0 Å². The first kappa shape index (κ1) is 18.0. The van der Waals surface area contributed by atoms with Crippen LogP contribution in [0.1, 0.15) is 22.5 Å². The second kappa shape index (κ2) is 8.52. The van der Waals surface area contributed by atoms with Gasteiger partial charge in [-0.3, -0.25) is 25.0 Å². The smallest absolute Gasteiger partial charge is 0.298 e. The molecule has 0 spiro atoms. The predicted molar refractivity (Wildman–Crippen MR) is 81.8 cm³/mol. The minimum atomic E-state index is -0.698. The molecule has 0 bridgehead atoms. The van der Waals surface area contributed by atoms with Crippen molar-refractivity contribution in [3.63, 3.8) is 0 Å². The lowest BCUT2D eigenvalue weighted by atomic mass is 10.3. The first-order valence-corrected chi connectivity index (χ1v) is 6.91. The van der Waals surface area contributed by atoms with Gasteiger partial charge in [0, 0.05) is 24.5 Å². The number of carbonyl (C=O) groups excluding carboxylic acids is 1. The van der Waals surface area contributed by atoms with E-state index < -0.39 is 16.1 Å². The summed E-state index contributed by atoms with van der Waals surface area (Å²) in [6.07, 6.45) is 2.47. The Hall–Kier alpha value is -3.31. The number of rotatable bonds is 4. The molecular weight excluding hydrogens is 336 g/mol. The molecule has 0 aliphatic carbocycles. The van der Waals surface area contributed by atoms with Crippen LogP contribution in [0.15, 0.2) is 36.7 Å². The molecule has 11 heteroatoms. The Balaban J connectivity index is 0.000000186. The zero-order valence-corrected chi connectivity index (χ0v) is 12.7. The Kier molecular flexibility index (Phi) is 6.14. The van der Waals surface area contributed by atoms with Gasteiger partial charge in [0.15, 0.2) is 17.7 Å². The van der Waals surface area contributed by atoms with Crippen LogP contribution in [0.4, 0.5) is 11.4 Å². The Bertz CT molecular complexity index is 777. The highest BCUT2D eigenvalue weighted by Crippen LogP contribution is 2.28. The molecule has 1 fully saturated rings. The fraction of sp³-hybridized carbons (Fsp3) is 0.214. The normalized spacial score (nSPS) is 13.6. The summed E-state index contributed by atoms with van der Waals surface area (Å²) < 4.78 is 10.3. The van der Waals surface area contributed by atoms with Crippen LogP contribution in [0.5, 0.6) is 0 Å². The lowest BCUT2D eigenvalue weighted by Gasteiger charge is -2.07. The predicted octanol–water partition coefficient (Wildman–Crippen LogP) is 1.84. The van der Waals surface area contributed by atoms with Crippen molar-refractivity contribution in [2.24, 2.45) is 0 Å². The van der Waals surface area contributed by atoms with Crippen molar-refractivity contribution < 1.29 is 24.1 Å². The van der Waals surface area contributed by atoms with E-state index in [0.717, 1.165) is 0 Å². The molecule has 2 aromatic heterocycles. The molecule has 130 valence electrons. The minimum absolute atomic E-state index is 0.0700. The van der Waals surface area contributed by atoms with E-state index in [2.05, 4.69) is 9.97 Å². The first-order chi connectivity index (χ1) is 12.0. The molecule has 3 rings (SSSR count). The van der Waals surface area contributed by atoms with Gasteiger partial charge in [0.25, 0.3) is 11.4 Å². The van der Waals surface area contributed by atoms with E-state index in [1.165, 1.54) is 36.7 Å². The van der Waals surface area contributed by atoms with Crippen molar-refractivity contribution in [2.45, 2.75) is 6.29 Å². The molecule has 2 aromatic rings. The van der Waals surface area contributed by atoms with Crippen LogP contribution >= 0.6 is 0 Å². The third-order valence-corrected chi connectivity index (χ3v) is 2.98. The van der Waals surface area contributed by atoms with Gasteiger partial charge in [0.2, 0.25) is 6.29 Å². The van der Waals surface area contributed by atoms with Gasteiger partial charge in [0.1, 0.15) is 0 Å². The van der Waals surface area contributed by atoms with Crippen molar-refractivity contribution in [1.82, 2.24) is 9.97 Å². The average Bonchev–Trinajstić information content (AvgIpc) is 3.16. The molecule has 1 saturated heterocycles. The van der Waals surface area contributed by atoms with Crippen LogP contribution in [-0.2, 0) is 9.47 Å². The summed E-state index contributed by atoms with van der Waals surface area (Å²) in [4.78, 5) is 37.2. The number of pyridine rings is 2. The van der Waals surface area contributed by atoms with Crippen molar-refractivity contribution in [3.8, 4) is 0 Å². The third-order valence-electron chi connectivity index (χ3n) is 2.98. The van der Waals surface area contributed by atoms with Crippen LogP contribution < -0.4 is 0 Å². The average molecular weight is 348 g/mol. The maximum Gasteiger partial charge on any atom is 0.298 e. The summed E-state index contributed by atoms with van der Waals surface area (Å²) in [6.45, 7) is 0.886. The van der Waals surface area contributed by atoms with Gasteiger partial charge >= 0.3 is 0 Å². The second-order valence-corrected chi connectivity index (χ2v) is 4.52. The molecule has 0 atom stereocenters. The van der Waals surface area contributed by atoms with Crippen LogP contribution in [-0.4, -0.2) is 39.3 Å². The summed E-state index contributed by atoms with van der Waals surface area (Å²) in [5, 5.41) is 20.8. The van der Waals surface area contributed by atoms with E-state index in [-0.39, 0.29) is 22.8 Å². The van der Waals surface area contributed by atoms with Gasteiger partial charge < -0.3 is 9.47 Å². The van der Waals surface area contributed by atoms with Crippen molar-refractivity contribution >= 4 is 17.7 Å². The Morgan fingerprint density at radius 2 is 1.56 bits per heavy atom. The van der Waals surface area contributed by atoms with Crippen LogP contribution in [0.3, 0.4) is 0 Å². The van der Waals surface area contributed by atoms with Crippen LogP contribution in [0, 0.1) is 20.2 Å². The zero-order chi connectivity index (χ0) is 18.2. The maximum absolute atomic E-state index is 10.6. The van der Waals surface area contributed by atoms with Gasteiger partial charge in [-0.05, 0) is 12.1 Å². The molecule has 0 N–H and O–H groups in total. The number of ether oxygens (including phenoxy) is 2. The Morgan fingerprint density at radius 3 is 2.08 bits per heavy atom. The fourth-order valence-corrected chi connectivity index (χ4v) is 1.92. The van der Waals surface area contributed by atoms with E-state index in [9.17, 15) is 25.0 Å². The SMILES string of the molecule is O=Cc1ncccc1[N+](=O)[O-].O=[N+]([O-])c1cccnc1C1OCCO1. The molecular formula is C14H12N4O7. The Morgan fingerprint density at radius 1 is 1.00 bits per heavy atom. The van der Waals surface area contributed by atoms with Crippen molar-refractivity contribution in [2.75, 3.05) is 13.2 Å². The number of aromatic nitrogens is 2. The van der Waals surface area contributed by atoms with Crippen LogP contribution in [0.25, 0.3) is 0 Å². The topological polar surface area (TPSA) is 148 Å². The van der Waals surface area contributed by atoms with E-state index >= 15 is 0 Å². The summed E-state index contributed by atoms with van der Waals surface area (Å²) in [5.41, 5.74) is -0.241. The number of nitrogens with zero attached hydrogens (tertiary/aromatic N) is 4. The van der Waals surface area contributed by atoms with E-state index in [4.69, 9.17) is 9.47 Å². The monoisotopic (exact) mass is 348 g/mol. The van der Waals surface area contributed by atoms with Gasteiger partial charge in [0.05, 0.1) is 23.1 Å². The standard InChI is InChI=1S/C8H8N2O4.C6H4N2O3/c11-10(12)6-2-1-3-9-7(6)8-13-4-5-14-8;9-4-5-6(8(10)11)2-1-3-7-5/h1-3,8H,4-5H2;1-4H. The lowest BCUT2D eigenvalue weighted by Crippen LogP contribution is -2.05. The fourth-order valence-electron chi connectivity index (χ4n) is 1.92. The van der Waals surface area contributed by atoms with Gasteiger partial charge in [-0.15, -0.1) is 0 Å². The largest absolute Gasteiger partial charge is 0.344 e. The quantitative estimate of drug-likeness (QED) is 0.458. The third kappa shape index (κ3) is 4.59. The number of carbonyl (C=O) groups is 1. The molecule has 0 amide bonds. The van der Waals surface area contributed by atoms with Crippen molar-refractivity contribution in [3.05, 3.63) is 68.3 Å². The summed E-state index contributed by atoms with van der Waals surface area (Å²) >= 11 is 0. The number of nitro groups is 2. The van der Waals surface area contributed by atoms with Crippen LogP contribution in [0.2, 0.25) is 0 Å². The molecule has 25 heavy (non-hydrogen) atoms. The number of aldehydes is 1. The molecule has 1 aliphatic rings. The number of hydrogen-bond donors (Lipinski definition) is 0. The highest BCUT2D eigenvalue weighted by Gasteiger charge is 2.27. The van der Waals surface area contributed by atoms with Gasteiger partial charge in [-0.25, -0.2) is 9.97 Å².